The Morgan fingerprint density at radius 2 is 2.12 bits per heavy atom. The van der Waals surface area contributed by atoms with Gasteiger partial charge in [-0.3, -0.25) is 0 Å². The van der Waals surface area contributed by atoms with Crippen molar-refractivity contribution in [3.05, 3.63) is 29.6 Å². The number of hydrogen-bond donors (Lipinski definition) is 1. The van der Waals surface area contributed by atoms with Crippen molar-refractivity contribution in [2.45, 2.75) is 25.7 Å². The summed E-state index contributed by atoms with van der Waals surface area (Å²) in [6, 6.07) is 3.73. The normalized spacial score (nSPS) is 16.1. The fraction of sp³-hybridized carbons (Fsp3) is 0.462. The lowest BCUT2D eigenvalue weighted by atomic mass is 10.1. The topological polar surface area (TPSA) is 46.5 Å². The van der Waals surface area contributed by atoms with Gasteiger partial charge in [-0.05, 0) is 37.0 Å². The molecule has 0 saturated heterocycles. The van der Waals surface area contributed by atoms with Crippen LogP contribution in [0.2, 0.25) is 0 Å². The van der Waals surface area contributed by atoms with Crippen LogP contribution in [-0.2, 0) is 0 Å². The van der Waals surface area contributed by atoms with Crippen LogP contribution < -0.4 is 4.74 Å². The van der Waals surface area contributed by atoms with Crippen molar-refractivity contribution in [1.29, 1.82) is 0 Å². The van der Waals surface area contributed by atoms with E-state index in [9.17, 15) is 9.18 Å². The predicted octanol–water partition coefficient (Wildman–Crippen LogP) is 3.09. The van der Waals surface area contributed by atoms with Crippen LogP contribution in [-0.4, -0.2) is 17.7 Å². The molecule has 1 aromatic rings. The van der Waals surface area contributed by atoms with Gasteiger partial charge in [0.05, 0.1) is 12.2 Å². The van der Waals surface area contributed by atoms with E-state index in [-0.39, 0.29) is 11.3 Å². The number of carboxylic acid groups (broad SMARTS) is 1. The van der Waals surface area contributed by atoms with Crippen LogP contribution in [0.4, 0.5) is 4.39 Å². The second-order valence-electron chi connectivity index (χ2n) is 4.41. The van der Waals surface area contributed by atoms with Crippen LogP contribution in [0.5, 0.6) is 5.75 Å². The van der Waals surface area contributed by atoms with E-state index in [1.165, 1.54) is 25.0 Å². The molecular formula is C13H15FO3. The van der Waals surface area contributed by atoms with Gasteiger partial charge in [0.15, 0.2) is 11.6 Å². The molecular weight excluding hydrogens is 223 g/mol. The molecule has 92 valence electrons. The molecule has 0 unspecified atom stereocenters. The first kappa shape index (κ1) is 11.9. The summed E-state index contributed by atoms with van der Waals surface area (Å²) >= 11 is 0. The number of aromatic carboxylic acids is 1. The third kappa shape index (κ3) is 2.96. The second-order valence-corrected chi connectivity index (χ2v) is 4.41. The van der Waals surface area contributed by atoms with E-state index >= 15 is 0 Å². The van der Waals surface area contributed by atoms with Gasteiger partial charge in [-0.2, -0.15) is 0 Å². The van der Waals surface area contributed by atoms with Crippen LogP contribution in [0.25, 0.3) is 0 Å². The third-order valence-corrected chi connectivity index (χ3v) is 3.13. The number of benzene rings is 1. The molecule has 0 radical (unpaired) electrons. The minimum absolute atomic E-state index is 0.0595. The number of hydrogen-bond acceptors (Lipinski definition) is 2. The Bertz CT molecular complexity index is 411. The third-order valence-electron chi connectivity index (χ3n) is 3.13. The van der Waals surface area contributed by atoms with Crippen molar-refractivity contribution in [3.63, 3.8) is 0 Å². The van der Waals surface area contributed by atoms with Crippen LogP contribution in [0.3, 0.4) is 0 Å². The summed E-state index contributed by atoms with van der Waals surface area (Å²) in [5, 5.41) is 8.70. The van der Waals surface area contributed by atoms with Gasteiger partial charge in [-0.1, -0.05) is 12.8 Å². The molecule has 1 fully saturated rings. The average Bonchev–Trinajstić information content (AvgIpc) is 2.80. The van der Waals surface area contributed by atoms with E-state index in [0.29, 0.717) is 12.5 Å². The Hall–Kier alpha value is -1.58. The van der Waals surface area contributed by atoms with Crippen LogP contribution in [0.15, 0.2) is 18.2 Å². The smallest absolute Gasteiger partial charge is 0.335 e. The standard InChI is InChI=1S/C13H15FO3/c14-11-7-10(13(15)16)5-6-12(11)17-8-9-3-1-2-4-9/h5-7,9H,1-4,8H2,(H,15,16). The van der Waals surface area contributed by atoms with E-state index in [2.05, 4.69) is 0 Å². The van der Waals surface area contributed by atoms with E-state index in [1.807, 2.05) is 0 Å². The van der Waals surface area contributed by atoms with Crippen LogP contribution in [0, 0.1) is 11.7 Å². The molecule has 1 N–H and O–H groups in total. The minimum atomic E-state index is -1.13. The van der Waals surface area contributed by atoms with Gasteiger partial charge in [0.1, 0.15) is 0 Å². The Morgan fingerprint density at radius 3 is 2.71 bits per heavy atom. The second kappa shape index (κ2) is 5.17. The number of ether oxygens (including phenoxy) is 1. The molecule has 4 heteroatoms. The molecule has 1 saturated carbocycles. The molecule has 17 heavy (non-hydrogen) atoms. The molecule has 1 aromatic carbocycles. The summed E-state index contributed by atoms with van der Waals surface area (Å²) in [5.41, 5.74) is -0.0595. The Morgan fingerprint density at radius 1 is 1.41 bits per heavy atom. The zero-order chi connectivity index (χ0) is 12.3. The zero-order valence-electron chi connectivity index (χ0n) is 9.49. The first-order valence-electron chi connectivity index (χ1n) is 5.82. The summed E-state index contributed by atoms with van der Waals surface area (Å²) in [6.45, 7) is 0.517. The van der Waals surface area contributed by atoms with E-state index < -0.39 is 11.8 Å². The molecule has 2 rings (SSSR count). The van der Waals surface area contributed by atoms with Crippen molar-refractivity contribution in [2.24, 2.45) is 5.92 Å². The van der Waals surface area contributed by atoms with Gasteiger partial charge < -0.3 is 9.84 Å². The maximum Gasteiger partial charge on any atom is 0.335 e. The monoisotopic (exact) mass is 238 g/mol. The molecule has 0 bridgehead atoms. The van der Waals surface area contributed by atoms with Gasteiger partial charge in [-0.15, -0.1) is 0 Å². The highest BCUT2D eigenvalue weighted by Crippen LogP contribution is 2.26. The number of halogens is 1. The quantitative estimate of drug-likeness (QED) is 0.876. The molecule has 0 amide bonds. The lowest BCUT2D eigenvalue weighted by molar-refractivity contribution is 0.0696. The van der Waals surface area contributed by atoms with Gasteiger partial charge in [0.2, 0.25) is 0 Å². The fourth-order valence-corrected chi connectivity index (χ4v) is 2.14. The average molecular weight is 238 g/mol. The summed E-state index contributed by atoms with van der Waals surface area (Å²) in [6.07, 6.45) is 4.70. The van der Waals surface area contributed by atoms with Gasteiger partial charge in [-0.25, -0.2) is 9.18 Å². The highest BCUT2D eigenvalue weighted by Gasteiger charge is 2.16. The summed E-state index contributed by atoms with van der Waals surface area (Å²) in [4.78, 5) is 10.6. The van der Waals surface area contributed by atoms with Crippen molar-refractivity contribution in [2.75, 3.05) is 6.61 Å². The van der Waals surface area contributed by atoms with E-state index in [4.69, 9.17) is 9.84 Å². The molecule has 0 atom stereocenters. The molecule has 0 aromatic heterocycles. The Kier molecular flexibility index (Phi) is 3.61. The van der Waals surface area contributed by atoms with Crippen molar-refractivity contribution in [3.8, 4) is 5.75 Å². The summed E-state index contributed by atoms with van der Waals surface area (Å²) in [7, 11) is 0. The first-order chi connectivity index (χ1) is 8.16. The molecule has 0 aliphatic heterocycles. The summed E-state index contributed by atoms with van der Waals surface area (Å²) in [5.74, 6) is -1.09. The van der Waals surface area contributed by atoms with Crippen LogP contribution >= 0.6 is 0 Å². The molecule has 1 aliphatic carbocycles. The SMILES string of the molecule is O=C(O)c1ccc(OCC2CCCC2)c(F)c1. The molecule has 0 spiro atoms. The maximum atomic E-state index is 13.5. The number of carbonyl (C=O) groups is 1. The highest BCUT2D eigenvalue weighted by atomic mass is 19.1. The molecule has 1 aliphatic rings. The summed E-state index contributed by atoms with van der Waals surface area (Å²) < 4.78 is 18.9. The van der Waals surface area contributed by atoms with E-state index in [1.54, 1.807) is 0 Å². The Labute approximate surface area is 99.2 Å². The molecule has 0 heterocycles. The number of carboxylic acids is 1. The highest BCUT2D eigenvalue weighted by molar-refractivity contribution is 5.87. The van der Waals surface area contributed by atoms with Gasteiger partial charge in [0, 0.05) is 0 Å². The number of rotatable bonds is 4. The lowest BCUT2D eigenvalue weighted by Crippen LogP contribution is -2.09. The lowest BCUT2D eigenvalue weighted by Gasteiger charge is -2.12. The van der Waals surface area contributed by atoms with E-state index in [0.717, 1.165) is 18.9 Å². The van der Waals surface area contributed by atoms with Crippen molar-refractivity contribution in [1.82, 2.24) is 0 Å². The maximum absolute atomic E-state index is 13.5. The predicted molar refractivity (Wildman–Crippen MR) is 60.8 cm³/mol. The van der Waals surface area contributed by atoms with Crippen molar-refractivity contribution < 1.29 is 19.0 Å². The minimum Gasteiger partial charge on any atom is -0.490 e. The fourth-order valence-electron chi connectivity index (χ4n) is 2.14. The van der Waals surface area contributed by atoms with Crippen LogP contribution in [0.1, 0.15) is 36.0 Å². The van der Waals surface area contributed by atoms with Gasteiger partial charge in [0.25, 0.3) is 0 Å². The van der Waals surface area contributed by atoms with Gasteiger partial charge >= 0.3 is 5.97 Å². The first-order valence-corrected chi connectivity index (χ1v) is 5.82. The Balaban J connectivity index is 1.98. The molecule has 3 nitrogen and oxygen atoms in total. The zero-order valence-corrected chi connectivity index (χ0v) is 9.49. The largest absolute Gasteiger partial charge is 0.490 e. The van der Waals surface area contributed by atoms with Crippen molar-refractivity contribution >= 4 is 5.97 Å².